The predicted molar refractivity (Wildman–Crippen MR) is 129 cm³/mol. The number of hydrogen-bond acceptors (Lipinski definition) is 3. The molecule has 0 aromatic heterocycles. The Kier molecular flexibility index (Phi) is 6.35. The molecule has 3 aromatic carbocycles. The van der Waals surface area contributed by atoms with Gasteiger partial charge in [0.2, 0.25) is 11.8 Å². The summed E-state index contributed by atoms with van der Waals surface area (Å²) in [4.78, 5) is 27.2. The van der Waals surface area contributed by atoms with Crippen LogP contribution in [0.25, 0.3) is 0 Å². The molecule has 0 saturated carbocycles. The fraction of sp³-hybridized carbons (Fsp3) is 0.200. The monoisotopic (exact) mass is 450 g/mol. The number of amides is 2. The molecule has 1 aliphatic heterocycles. The fourth-order valence-electron chi connectivity index (χ4n) is 3.79. The standard InChI is InChI=1S/C25H23ClN2O2S/c1-16-11-17(2)13-21(12-16)28-22(29)15-31-25(28)19-9-6-10-20(14-19)27-24(30)23(26)18-7-4-3-5-8-18/h3-14,23,25H,15H2,1-2H3,(H,27,30)/t23-,25+/m1/s1. The molecule has 1 N–H and O–H groups in total. The maximum atomic E-state index is 12.7. The van der Waals surface area contributed by atoms with Crippen molar-refractivity contribution < 1.29 is 9.59 Å². The van der Waals surface area contributed by atoms with E-state index in [1.54, 1.807) is 11.8 Å². The third kappa shape index (κ3) is 4.78. The number of thioether (sulfide) groups is 1. The molecular formula is C25H23ClN2O2S. The van der Waals surface area contributed by atoms with E-state index in [-0.39, 0.29) is 17.2 Å². The zero-order valence-electron chi connectivity index (χ0n) is 17.3. The van der Waals surface area contributed by atoms with Gasteiger partial charge in [0.1, 0.15) is 10.8 Å². The van der Waals surface area contributed by atoms with Crippen LogP contribution in [0.2, 0.25) is 0 Å². The minimum absolute atomic E-state index is 0.0827. The van der Waals surface area contributed by atoms with Gasteiger partial charge in [-0.15, -0.1) is 23.4 Å². The number of halogens is 1. The van der Waals surface area contributed by atoms with Gasteiger partial charge in [0, 0.05) is 11.4 Å². The highest BCUT2D eigenvalue weighted by Crippen LogP contribution is 2.42. The van der Waals surface area contributed by atoms with E-state index in [0.29, 0.717) is 11.4 Å². The molecule has 2 amide bonds. The lowest BCUT2D eigenvalue weighted by Gasteiger charge is -2.25. The summed E-state index contributed by atoms with van der Waals surface area (Å²) in [6.45, 7) is 4.06. The molecule has 1 heterocycles. The maximum Gasteiger partial charge on any atom is 0.246 e. The van der Waals surface area contributed by atoms with Gasteiger partial charge in [0.05, 0.1) is 5.75 Å². The van der Waals surface area contributed by atoms with Crippen molar-refractivity contribution in [3.8, 4) is 0 Å². The smallest absolute Gasteiger partial charge is 0.246 e. The van der Waals surface area contributed by atoms with E-state index in [1.807, 2.05) is 85.5 Å². The van der Waals surface area contributed by atoms with Crippen LogP contribution in [-0.2, 0) is 9.59 Å². The number of benzene rings is 3. The van der Waals surface area contributed by atoms with Gasteiger partial charge >= 0.3 is 0 Å². The molecule has 2 atom stereocenters. The van der Waals surface area contributed by atoms with Gasteiger partial charge in [-0.3, -0.25) is 14.5 Å². The van der Waals surface area contributed by atoms with Crippen LogP contribution in [0.3, 0.4) is 0 Å². The van der Waals surface area contributed by atoms with E-state index in [9.17, 15) is 9.59 Å². The second-order valence-corrected chi connectivity index (χ2v) is 9.17. The molecule has 31 heavy (non-hydrogen) atoms. The summed E-state index contributed by atoms with van der Waals surface area (Å²) in [5.41, 5.74) is 5.50. The van der Waals surface area contributed by atoms with Crippen molar-refractivity contribution in [1.29, 1.82) is 0 Å². The van der Waals surface area contributed by atoms with E-state index >= 15 is 0 Å². The number of hydrogen-bond donors (Lipinski definition) is 1. The van der Waals surface area contributed by atoms with E-state index in [0.717, 1.165) is 27.9 Å². The Morgan fingerprint density at radius 2 is 1.74 bits per heavy atom. The molecule has 0 aliphatic carbocycles. The minimum Gasteiger partial charge on any atom is -0.324 e. The Morgan fingerprint density at radius 1 is 1.03 bits per heavy atom. The van der Waals surface area contributed by atoms with Crippen LogP contribution < -0.4 is 10.2 Å². The van der Waals surface area contributed by atoms with Crippen molar-refractivity contribution in [2.45, 2.75) is 24.6 Å². The van der Waals surface area contributed by atoms with Crippen LogP contribution in [0, 0.1) is 13.8 Å². The first-order valence-electron chi connectivity index (χ1n) is 10.0. The molecule has 1 fully saturated rings. The first kappa shape index (κ1) is 21.5. The molecule has 0 spiro atoms. The van der Waals surface area contributed by atoms with Gasteiger partial charge in [-0.2, -0.15) is 0 Å². The zero-order valence-corrected chi connectivity index (χ0v) is 18.9. The number of aryl methyl sites for hydroxylation is 2. The molecule has 6 heteroatoms. The number of anilines is 2. The van der Waals surface area contributed by atoms with E-state index < -0.39 is 5.38 Å². The van der Waals surface area contributed by atoms with Gasteiger partial charge in [0.25, 0.3) is 0 Å². The van der Waals surface area contributed by atoms with Crippen LogP contribution >= 0.6 is 23.4 Å². The molecule has 0 radical (unpaired) electrons. The average Bonchev–Trinajstić information content (AvgIpc) is 3.15. The highest BCUT2D eigenvalue weighted by atomic mass is 35.5. The lowest BCUT2D eigenvalue weighted by atomic mass is 10.1. The molecule has 3 aromatic rings. The first-order chi connectivity index (χ1) is 14.9. The summed E-state index contributed by atoms with van der Waals surface area (Å²) in [5, 5.41) is 1.98. The number of rotatable bonds is 5. The summed E-state index contributed by atoms with van der Waals surface area (Å²) in [6, 6.07) is 23.0. The van der Waals surface area contributed by atoms with Crippen LogP contribution in [0.4, 0.5) is 11.4 Å². The van der Waals surface area contributed by atoms with E-state index in [2.05, 4.69) is 11.4 Å². The lowest BCUT2D eigenvalue weighted by Crippen LogP contribution is -2.28. The van der Waals surface area contributed by atoms with Crippen molar-refractivity contribution in [2.75, 3.05) is 16.0 Å². The molecule has 0 bridgehead atoms. The van der Waals surface area contributed by atoms with Crippen molar-refractivity contribution in [3.05, 3.63) is 95.1 Å². The predicted octanol–water partition coefficient (Wildman–Crippen LogP) is 6.00. The zero-order chi connectivity index (χ0) is 22.0. The molecule has 0 unspecified atom stereocenters. The number of nitrogens with zero attached hydrogens (tertiary/aromatic N) is 1. The number of carbonyl (C=O) groups excluding carboxylic acids is 2. The topological polar surface area (TPSA) is 49.4 Å². The maximum absolute atomic E-state index is 12.7. The second-order valence-electron chi connectivity index (χ2n) is 7.66. The Labute approximate surface area is 191 Å². The minimum atomic E-state index is -0.779. The number of alkyl halides is 1. The summed E-state index contributed by atoms with van der Waals surface area (Å²) >= 11 is 7.94. The Morgan fingerprint density at radius 3 is 2.45 bits per heavy atom. The quantitative estimate of drug-likeness (QED) is 0.485. The highest BCUT2D eigenvalue weighted by Gasteiger charge is 2.34. The van der Waals surface area contributed by atoms with Gasteiger partial charge < -0.3 is 5.32 Å². The number of nitrogens with one attached hydrogen (secondary N) is 1. The van der Waals surface area contributed by atoms with Gasteiger partial charge in [0.15, 0.2) is 0 Å². The largest absolute Gasteiger partial charge is 0.324 e. The van der Waals surface area contributed by atoms with Crippen molar-refractivity contribution in [2.24, 2.45) is 0 Å². The van der Waals surface area contributed by atoms with Gasteiger partial charge in [-0.05, 0) is 60.4 Å². The Hall–Kier alpha value is -2.76. The van der Waals surface area contributed by atoms with Crippen LogP contribution in [0.5, 0.6) is 0 Å². The van der Waals surface area contributed by atoms with Gasteiger partial charge in [-0.1, -0.05) is 48.5 Å². The normalized spacial score (nSPS) is 16.9. The van der Waals surface area contributed by atoms with Gasteiger partial charge in [-0.25, -0.2) is 0 Å². The SMILES string of the molecule is Cc1cc(C)cc(N2C(=O)CS[C@H]2c2cccc(NC(=O)[C@H](Cl)c3ccccc3)c2)c1. The lowest BCUT2D eigenvalue weighted by molar-refractivity contribution is -0.116. The van der Waals surface area contributed by atoms with Crippen LogP contribution in [0.15, 0.2) is 72.8 Å². The van der Waals surface area contributed by atoms with Crippen molar-refractivity contribution in [1.82, 2.24) is 0 Å². The second kappa shape index (κ2) is 9.16. The van der Waals surface area contributed by atoms with E-state index in [4.69, 9.17) is 11.6 Å². The molecule has 1 aliphatic rings. The van der Waals surface area contributed by atoms with Crippen molar-refractivity contribution >= 4 is 46.6 Å². The summed E-state index contributed by atoms with van der Waals surface area (Å²) < 4.78 is 0. The summed E-state index contributed by atoms with van der Waals surface area (Å²) in [6.07, 6.45) is 0. The summed E-state index contributed by atoms with van der Waals surface area (Å²) in [5.74, 6) is 0.220. The summed E-state index contributed by atoms with van der Waals surface area (Å²) in [7, 11) is 0. The third-order valence-electron chi connectivity index (χ3n) is 5.11. The molecule has 158 valence electrons. The average molecular weight is 451 g/mol. The van der Waals surface area contributed by atoms with Crippen LogP contribution in [-0.4, -0.2) is 17.6 Å². The third-order valence-corrected chi connectivity index (χ3v) is 6.78. The first-order valence-corrected chi connectivity index (χ1v) is 11.5. The highest BCUT2D eigenvalue weighted by molar-refractivity contribution is 8.00. The number of carbonyl (C=O) groups is 2. The Bertz CT molecular complexity index is 1100. The van der Waals surface area contributed by atoms with E-state index in [1.165, 1.54) is 0 Å². The molecule has 4 nitrogen and oxygen atoms in total. The molecule has 1 saturated heterocycles. The van der Waals surface area contributed by atoms with Crippen molar-refractivity contribution in [3.63, 3.8) is 0 Å². The molecule has 4 rings (SSSR count). The van der Waals surface area contributed by atoms with Crippen LogP contribution in [0.1, 0.15) is 33.0 Å². The fourth-order valence-corrected chi connectivity index (χ4v) is 5.16. The Balaban J connectivity index is 1.57. The molecular weight excluding hydrogens is 428 g/mol.